The van der Waals surface area contributed by atoms with Gasteiger partial charge in [-0.3, -0.25) is 15.6 Å². The highest BCUT2D eigenvalue weighted by atomic mass is 35.5. The Balaban J connectivity index is 1.56. The Bertz CT molecular complexity index is 969. The zero-order chi connectivity index (χ0) is 20.9. The molecule has 1 aliphatic rings. The second-order valence-electron chi connectivity index (χ2n) is 6.59. The van der Waals surface area contributed by atoms with Crippen LogP contribution in [0.4, 0.5) is 5.69 Å². The van der Waals surface area contributed by atoms with Crippen LogP contribution in [-0.4, -0.2) is 36.8 Å². The first-order valence-electron chi connectivity index (χ1n) is 9.04. The number of carbonyl (C=O) groups excluding carboxylic acids is 1. The van der Waals surface area contributed by atoms with Gasteiger partial charge >= 0.3 is 0 Å². The van der Waals surface area contributed by atoms with Crippen molar-refractivity contribution in [3.63, 3.8) is 0 Å². The van der Waals surface area contributed by atoms with E-state index >= 15 is 0 Å². The summed E-state index contributed by atoms with van der Waals surface area (Å²) in [6, 6.07) is 15.3. The molecule has 1 aliphatic heterocycles. The van der Waals surface area contributed by atoms with Gasteiger partial charge in [0.15, 0.2) is 5.11 Å². The first-order valence-corrected chi connectivity index (χ1v) is 11.3. The third-order valence-corrected chi connectivity index (χ3v) is 6.87. The standard InChI is InChI=1S/C19H21ClN4O3S2/c20-15-8-10-17(11-9-15)29(26,27)24-12-4-5-14(13-24)18(25)22-23-19(28)21-16-6-2-1-3-7-16/h1-3,6-11,14H,4-5,12-13H2,(H,22,25)(H2,21,23,28)/t14-/m1/s1. The van der Waals surface area contributed by atoms with Crippen LogP contribution in [0, 0.1) is 5.92 Å². The Morgan fingerprint density at radius 2 is 1.76 bits per heavy atom. The fraction of sp³-hybridized carbons (Fsp3) is 0.263. The molecule has 0 bridgehead atoms. The van der Waals surface area contributed by atoms with Gasteiger partial charge < -0.3 is 5.32 Å². The van der Waals surface area contributed by atoms with Crippen LogP contribution in [0.1, 0.15) is 12.8 Å². The molecule has 0 unspecified atom stereocenters. The smallest absolute Gasteiger partial charge is 0.243 e. The molecule has 1 saturated heterocycles. The van der Waals surface area contributed by atoms with E-state index in [1.807, 2.05) is 30.3 Å². The lowest BCUT2D eigenvalue weighted by molar-refractivity contribution is -0.126. The molecule has 1 fully saturated rings. The molecule has 1 amide bonds. The lowest BCUT2D eigenvalue weighted by atomic mass is 9.99. The summed E-state index contributed by atoms with van der Waals surface area (Å²) in [7, 11) is -3.68. The minimum Gasteiger partial charge on any atom is -0.331 e. The van der Waals surface area contributed by atoms with Crippen molar-refractivity contribution < 1.29 is 13.2 Å². The fourth-order valence-corrected chi connectivity index (χ4v) is 4.85. The molecule has 154 valence electrons. The molecule has 29 heavy (non-hydrogen) atoms. The highest BCUT2D eigenvalue weighted by Crippen LogP contribution is 2.24. The van der Waals surface area contributed by atoms with Gasteiger partial charge in [0.1, 0.15) is 0 Å². The molecule has 2 aromatic rings. The number of thiocarbonyl (C=S) groups is 1. The molecule has 0 aliphatic carbocycles. The topological polar surface area (TPSA) is 90.5 Å². The van der Waals surface area contributed by atoms with Crippen molar-refractivity contribution in [3.05, 3.63) is 59.6 Å². The summed E-state index contributed by atoms with van der Waals surface area (Å²) >= 11 is 11.0. The van der Waals surface area contributed by atoms with Crippen LogP contribution in [0.25, 0.3) is 0 Å². The van der Waals surface area contributed by atoms with Crippen LogP contribution in [-0.2, 0) is 14.8 Å². The van der Waals surface area contributed by atoms with E-state index in [0.29, 0.717) is 24.4 Å². The van der Waals surface area contributed by atoms with Crippen LogP contribution >= 0.6 is 23.8 Å². The first-order chi connectivity index (χ1) is 13.9. The molecule has 7 nitrogen and oxygen atoms in total. The highest BCUT2D eigenvalue weighted by Gasteiger charge is 2.33. The van der Waals surface area contributed by atoms with E-state index in [9.17, 15) is 13.2 Å². The van der Waals surface area contributed by atoms with Crippen LogP contribution in [0.3, 0.4) is 0 Å². The Labute approximate surface area is 180 Å². The number of carbonyl (C=O) groups is 1. The van der Waals surface area contributed by atoms with E-state index in [2.05, 4.69) is 16.2 Å². The van der Waals surface area contributed by atoms with E-state index in [-0.39, 0.29) is 22.5 Å². The van der Waals surface area contributed by atoms with Crippen LogP contribution in [0.2, 0.25) is 5.02 Å². The van der Waals surface area contributed by atoms with E-state index in [4.69, 9.17) is 23.8 Å². The SMILES string of the molecule is O=C(NNC(=S)Nc1ccccc1)[C@@H]1CCCN(S(=O)(=O)c2ccc(Cl)cc2)C1. The lowest BCUT2D eigenvalue weighted by Crippen LogP contribution is -2.50. The van der Waals surface area contributed by atoms with Gasteiger partial charge in [-0.2, -0.15) is 4.31 Å². The summed E-state index contributed by atoms with van der Waals surface area (Å²) in [5.41, 5.74) is 6.01. The van der Waals surface area contributed by atoms with Gasteiger partial charge in [-0.1, -0.05) is 29.8 Å². The number of hydrogen-bond acceptors (Lipinski definition) is 4. The van der Waals surface area contributed by atoms with Crippen molar-refractivity contribution in [1.82, 2.24) is 15.2 Å². The number of rotatable bonds is 4. The maximum absolute atomic E-state index is 12.8. The number of nitrogens with one attached hydrogen (secondary N) is 3. The summed E-state index contributed by atoms with van der Waals surface area (Å²) in [6.45, 7) is 0.480. The minimum absolute atomic E-state index is 0.108. The molecule has 3 rings (SSSR count). The van der Waals surface area contributed by atoms with E-state index < -0.39 is 15.9 Å². The molecule has 2 aromatic carbocycles. The summed E-state index contributed by atoms with van der Waals surface area (Å²) in [5, 5.41) is 3.65. The predicted octanol–water partition coefficient (Wildman–Crippen LogP) is 2.76. The number of hydrogen-bond donors (Lipinski definition) is 3. The van der Waals surface area contributed by atoms with Gasteiger partial charge in [0, 0.05) is 23.8 Å². The maximum atomic E-state index is 12.8. The van der Waals surface area contributed by atoms with Crippen molar-refractivity contribution in [3.8, 4) is 0 Å². The largest absolute Gasteiger partial charge is 0.331 e. The zero-order valence-electron chi connectivity index (χ0n) is 15.5. The third-order valence-electron chi connectivity index (χ3n) is 4.54. The van der Waals surface area contributed by atoms with Crippen molar-refractivity contribution in [1.29, 1.82) is 0 Å². The van der Waals surface area contributed by atoms with E-state index in [1.165, 1.54) is 28.6 Å². The second-order valence-corrected chi connectivity index (χ2v) is 9.37. The zero-order valence-corrected chi connectivity index (χ0v) is 17.9. The molecular formula is C19H21ClN4O3S2. The number of benzene rings is 2. The lowest BCUT2D eigenvalue weighted by Gasteiger charge is -2.31. The summed E-state index contributed by atoms with van der Waals surface area (Å²) in [5.74, 6) is -0.781. The number of nitrogens with zero attached hydrogens (tertiary/aromatic N) is 1. The highest BCUT2D eigenvalue weighted by molar-refractivity contribution is 7.89. The fourth-order valence-electron chi connectivity index (χ4n) is 3.03. The van der Waals surface area contributed by atoms with Crippen molar-refractivity contribution in [2.75, 3.05) is 18.4 Å². The minimum atomic E-state index is -3.68. The number of piperidine rings is 1. The van der Waals surface area contributed by atoms with Gasteiger partial charge in [-0.15, -0.1) is 0 Å². The molecule has 1 atom stereocenters. The van der Waals surface area contributed by atoms with Gasteiger partial charge in [0.2, 0.25) is 15.9 Å². The summed E-state index contributed by atoms with van der Waals surface area (Å²) < 4.78 is 27.0. The summed E-state index contributed by atoms with van der Waals surface area (Å²) in [6.07, 6.45) is 1.19. The summed E-state index contributed by atoms with van der Waals surface area (Å²) in [4.78, 5) is 12.7. The van der Waals surface area contributed by atoms with Gasteiger partial charge in [0.05, 0.1) is 10.8 Å². The maximum Gasteiger partial charge on any atom is 0.243 e. The average Bonchev–Trinajstić information content (AvgIpc) is 2.73. The molecule has 10 heteroatoms. The van der Waals surface area contributed by atoms with E-state index in [1.54, 1.807) is 0 Å². The monoisotopic (exact) mass is 452 g/mol. The van der Waals surface area contributed by atoms with Crippen LogP contribution in [0.5, 0.6) is 0 Å². The molecular weight excluding hydrogens is 432 g/mol. The Morgan fingerprint density at radius 1 is 1.07 bits per heavy atom. The number of para-hydroxylation sites is 1. The van der Waals surface area contributed by atoms with E-state index in [0.717, 1.165) is 5.69 Å². The quantitative estimate of drug-likeness (QED) is 0.488. The van der Waals surface area contributed by atoms with Crippen molar-refractivity contribution in [2.24, 2.45) is 5.92 Å². The van der Waals surface area contributed by atoms with Crippen LogP contribution < -0.4 is 16.2 Å². The molecule has 3 N–H and O–H groups in total. The average molecular weight is 453 g/mol. The van der Waals surface area contributed by atoms with Crippen molar-refractivity contribution in [2.45, 2.75) is 17.7 Å². The number of sulfonamides is 1. The second kappa shape index (κ2) is 9.53. The molecule has 0 saturated carbocycles. The van der Waals surface area contributed by atoms with Gasteiger partial charge in [-0.05, 0) is 61.5 Å². The van der Waals surface area contributed by atoms with Crippen molar-refractivity contribution >= 4 is 50.5 Å². The molecule has 0 aromatic heterocycles. The molecule has 0 radical (unpaired) electrons. The third kappa shape index (κ3) is 5.66. The number of halogens is 1. The number of anilines is 1. The Kier molecular flexibility index (Phi) is 7.07. The molecule has 0 spiro atoms. The number of hydrazine groups is 1. The first kappa shape index (κ1) is 21.5. The normalized spacial score (nSPS) is 17.3. The van der Waals surface area contributed by atoms with Gasteiger partial charge in [0.25, 0.3) is 0 Å². The van der Waals surface area contributed by atoms with Crippen LogP contribution in [0.15, 0.2) is 59.5 Å². The predicted molar refractivity (Wildman–Crippen MR) is 117 cm³/mol. The Morgan fingerprint density at radius 3 is 2.45 bits per heavy atom. The van der Waals surface area contributed by atoms with Gasteiger partial charge in [-0.25, -0.2) is 8.42 Å². The number of amides is 1. The molecule has 1 heterocycles. The Hall–Kier alpha value is -2.20.